The maximum atomic E-state index is 11.6. The quantitative estimate of drug-likeness (QED) is 0.628. The van der Waals surface area contributed by atoms with Gasteiger partial charge in [-0.2, -0.15) is 0 Å². The van der Waals surface area contributed by atoms with Crippen molar-refractivity contribution in [2.45, 2.75) is 53.0 Å². The molecule has 5 heteroatoms. The first-order chi connectivity index (χ1) is 8.18. The Kier molecular flexibility index (Phi) is 6.91. The van der Waals surface area contributed by atoms with E-state index in [4.69, 9.17) is 11.5 Å². The minimum absolute atomic E-state index is 0.132. The molecule has 0 aromatic rings. The van der Waals surface area contributed by atoms with Crippen LogP contribution in [0.25, 0.3) is 0 Å². The Bertz CT molecular complexity index is 284. The molecule has 0 heterocycles. The Morgan fingerprint density at radius 3 is 2.17 bits per heavy atom. The first-order valence-corrected chi connectivity index (χ1v) is 6.47. The molecule has 0 aliphatic heterocycles. The minimum Gasteiger partial charge on any atom is -0.368 e. The molecule has 106 valence electrons. The fourth-order valence-electron chi connectivity index (χ4n) is 1.90. The third kappa shape index (κ3) is 6.59. The lowest BCUT2D eigenvalue weighted by molar-refractivity contribution is -0.127. The number of carbonyl (C=O) groups excluding carboxylic acids is 2. The molecule has 0 aliphatic carbocycles. The summed E-state index contributed by atoms with van der Waals surface area (Å²) >= 11 is 0. The van der Waals surface area contributed by atoms with E-state index in [-0.39, 0.29) is 11.3 Å². The lowest BCUT2D eigenvalue weighted by atomic mass is 9.76. The molecule has 5 nitrogen and oxygen atoms in total. The van der Waals surface area contributed by atoms with Gasteiger partial charge in [0.2, 0.25) is 11.8 Å². The number of hydrogen-bond donors (Lipinski definition) is 3. The summed E-state index contributed by atoms with van der Waals surface area (Å²) in [7, 11) is 0. The zero-order chi connectivity index (χ0) is 14.3. The van der Waals surface area contributed by atoms with Crippen LogP contribution in [0.2, 0.25) is 0 Å². The molecule has 2 unspecified atom stereocenters. The van der Waals surface area contributed by atoms with Crippen LogP contribution in [-0.4, -0.2) is 24.4 Å². The van der Waals surface area contributed by atoms with Crippen LogP contribution in [0.3, 0.4) is 0 Å². The van der Waals surface area contributed by atoms with Crippen molar-refractivity contribution in [2.24, 2.45) is 22.8 Å². The molecule has 0 aromatic carbocycles. The van der Waals surface area contributed by atoms with Crippen LogP contribution in [0, 0.1) is 11.3 Å². The number of nitrogens with two attached hydrogens (primary N) is 2. The highest BCUT2D eigenvalue weighted by molar-refractivity contribution is 5.86. The maximum absolute atomic E-state index is 11.6. The highest BCUT2D eigenvalue weighted by atomic mass is 16.2. The second-order valence-corrected chi connectivity index (χ2v) is 5.87. The van der Waals surface area contributed by atoms with Crippen molar-refractivity contribution < 1.29 is 9.59 Å². The molecule has 0 spiro atoms. The van der Waals surface area contributed by atoms with Gasteiger partial charge in [-0.25, -0.2) is 0 Å². The fraction of sp³-hybridized carbons (Fsp3) is 0.846. The Labute approximate surface area is 110 Å². The Balaban J connectivity index is 4.20. The summed E-state index contributed by atoms with van der Waals surface area (Å²) < 4.78 is 0. The highest BCUT2D eigenvalue weighted by Crippen LogP contribution is 2.31. The van der Waals surface area contributed by atoms with Gasteiger partial charge in [0.25, 0.3) is 0 Å². The number of carbonyl (C=O) groups is 2. The van der Waals surface area contributed by atoms with Crippen molar-refractivity contribution in [2.75, 3.05) is 6.54 Å². The van der Waals surface area contributed by atoms with Gasteiger partial charge >= 0.3 is 0 Å². The monoisotopic (exact) mass is 257 g/mol. The standard InChI is InChI=1S/C13H27N3O2/c1-9(12(15)18)16-11(17)6-5-10(7-8-14)13(2,3)4/h9-10H,5-8,14H2,1-4H3,(H2,15,18)(H,16,17). The van der Waals surface area contributed by atoms with Crippen LogP contribution in [0.5, 0.6) is 0 Å². The molecule has 0 rings (SSSR count). The van der Waals surface area contributed by atoms with Gasteiger partial charge in [-0.1, -0.05) is 20.8 Å². The lowest BCUT2D eigenvalue weighted by Gasteiger charge is -2.30. The molecular weight excluding hydrogens is 230 g/mol. The number of primary amides is 1. The lowest BCUT2D eigenvalue weighted by Crippen LogP contribution is -2.42. The van der Waals surface area contributed by atoms with Crippen molar-refractivity contribution in [3.05, 3.63) is 0 Å². The summed E-state index contributed by atoms with van der Waals surface area (Å²) in [6.45, 7) is 8.66. The average Bonchev–Trinajstić information content (AvgIpc) is 2.22. The van der Waals surface area contributed by atoms with Crippen LogP contribution in [0.4, 0.5) is 0 Å². The second-order valence-electron chi connectivity index (χ2n) is 5.87. The Morgan fingerprint density at radius 1 is 1.22 bits per heavy atom. The van der Waals surface area contributed by atoms with E-state index in [0.29, 0.717) is 18.9 Å². The maximum Gasteiger partial charge on any atom is 0.239 e. The van der Waals surface area contributed by atoms with Crippen LogP contribution >= 0.6 is 0 Å². The molecule has 18 heavy (non-hydrogen) atoms. The number of amides is 2. The third-order valence-corrected chi connectivity index (χ3v) is 3.26. The molecule has 0 fully saturated rings. The Morgan fingerprint density at radius 2 is 1.78 bits per heavy atom. The summed E-state index contributed by atoms with van der Waals surface area (Å²) in [5.74, 6) is -0.248. The third-order valence-electron chi connectivity index (χ3n) is 3.26. The van der Waals surface area contributed by atoms with E-state index in [1.165, 1.54) is 0 Å². The van der Waals surface area contributed by atoms with E-state index in [9.17, 15) is 9.59 Å². The van der Waals surface area contributed by atoms with Gasteiger partial charge in [-0.05, 0) is 37.6 Å². The number of rotatable bonds is 7. The average molecular weight is 257 g/mol. The van der Waals surface area contributed by atoms with Gasteiger partial charge < -0.3 is 16.8 Å². The zero-order valence-electron chi connectivity index (χ0n) is 12.0. The molecule has 0 aromatic heterocycles. The first kappa shape index (κ1) is 16.9. The van der Waals surface area contributed by atoms with Crippen molar-refractivity contribution in [3.63, 3.8) is 0 Å². The smallest absolute Gasteiger partial charge is 0.239 e. The molecule has 0 radical (unpaired) electrons. The predicted octanol–water partition coefficient (Wildman–Crippen LogP) is 0.768. The van der Waals surface area contributed by atoms with Crippen molar-refractivity contribution in [3.8, 4) is 0 Å². The summed E-state index contributed by atoms with van der Waals surface area (Å²) in [6, 6.07) is -0.611. The van der Waals surface area contributed by atoms with Crippen molar-refractivity contribution >= 4 is 11.8 Å². The van der Waals surface area contributed by atoms with Gasteiger partial charge in [0.15, 0.2) is 0 Å². The van der Waals surface area contributed by atoms with E-state index in [1.807, 2.05) is 0 Å². The molecule has 5 N–H and O–H groups in total. The van der Waals surface area contributed by atoms with Gasteiger partial charge in [0, 0.05) is 6.42 Å². The summed E-state index contributed by atoms with van der Waals surface area (Å²) in [6.07, 6.45) is 2.08. The van der Waals surface area contributed by atoms with E-state index in [1.54, 1.807) is 6.92 Å². The Hall–Kier alpha value is -1.10. The van der Waals surface area contributed by atoms with Crippen LogP contribution in [-0.2, 0) is 9.59 Å². The normalized spacial score (nSPS) is 14.9. The molecule has 2 amide bonds. The van der Waals surface area contributed by atoms with Gasteiger partial charge in [-0.15, -0.1) is 0 Å². The second kappa shape index (κ2) is 7.36. The topological polar surface area (TPSA) is 98.2 Å². The zero-order valence-corrected chi connectivity index (χ0v) is 12.0. The summed E-state index contributed by atoms with van der Waals surface area (Å²) in [5, 5.41) is 2.58. The van der Waals surface area contributed by atoms with Gasteiger partial charge in [-0.3, -0.25) is 9.59 Å². The molecule has 0 saturated carbocycles. The molecule has 0 bridgehead atoms. The van der Waals surface area contributed by atoms with Gasteiger partial charge in [0.05, 0.1) is 0 Å². The number of hydrogen-bond acceptors (Lipinski definition) is 3. The largest absolute Gasteiger partial charge is 0.368 e. The minimum atomic E-state index is -0.611. The SMILES string of the molecule is CC(NC(=O)CCC(CCN)C(C)(C)C)C(N)=O. The summed E-state index contributed by atoms with van der Waals surface area (Å²) in [4.78, 5) is 22.5. The van der Waals surface area contributed by atoms with Crippen LogP contribution < -0.4 is 16.8 Å². The number of nitrogens with one attached hydrogen (secondary N) is 1. The predicted molar refractivity (Wildman–Crippen MR) is 72.6 cm³/mol. The van der Waals surface area contributed by atoms with Gasteiger partial charge in [0.1, 0.15) is 6.04 Å². The molecule has 0 saturated heterocycles. The highest BCUT2D eigenvalue weighted by Gasteiger charge is 2.24. The van der Waals surface area contributed by atoms with Crippen LogP contribution in [0.1, 0.15) is 47.0 Å². The van der Waals surface area contributed by atoms with E-state index in [2.05, 4.69) is 26.1 Å². The van der Waals surface area contributed by atoms with Crippen molar-refractivity contribution in [1.82, 2.24) is 5.32 Å². The first-order valence-electron chi connectivity index (χ1n) is 6.47. The van der Waals surface area contributed by atoms with Crippen molar-refractivity contribution in [1.29, 1.82) is 0 Å². The van der Waals surface area contributed by atoms with E-state index < -0.39 is 11.9 Å². The fourth-order valence-corrected chi connectivity index (χ4v) is 1.90. The van der Waals surface area contributed by atoms with Crippen LogP contribution in [0.15, 0.2) is 0 Å². The van der Waals surface area contributed by atoms with E-state index >= 15 is 0 Å². The molecule has 0 aliphatic rings. The summed E-state index contributed by atoms with van der Waals surface area (Å²) in [5.41, 5.74) is 10.8. The molecular formula is C13H27N3O2. The van der Waals surface area contributed by atoms with E-state index in [0.717, 1.165) is 12.8 Å². The molecule has 2 atom stereocenters.